The lowest BCUT2D eigenvalue weighted by atomic mass is 10.1. The lowest BCUT2D eigenvalue weighted by Gasteiger charge is -2.29. The number of esters is 1. The van der Waals surface area contributed by atoms with Gasteiger partial charge in [0, 0.05) is 44.6 Å². The van der Waals surface area contributed by atoms with Gasteiger partial charge in [0.1, 0.15) is 11.9 Å². The Labute approximate surface area is 112 Å². The van der Waals surface area contributed by atoms with E-state index in [1.165, 1.54) is 30.1 Å². The molecule has 5 heteroatoms. The summed E-state index contributed by atoms with van der Waals surface area (Å²) in [6, 6.07) is -0.0421. The fourth-order valence-electron chi connectivity index (χ4n) is 3.36. The third-order valence-electron chi connectivity index (χ3n) is 4.61. The Bertz CT molecular complexity index is 533. The number of fused-ring (bicyclic) bond motifs is 1. The zero-order chi connectivity index (χ0) is 13.0. The molecular formula is C14H19N3O2. The fraction of sp³-hybridized carbons (Fsp3) is 0.714. The van der Waals surface area contributed by atoms with Crippen LogP contribution in [0.25, 0.3) is 0 Å². The highest BCUT2D eigenvalue weighted by atomic mass is 16.5. The van der Waals surface area contributed by atoms with Gasteiger partial charge >= 0.3 is 5.97 Å². The maximum absolute atomic E-state index is 11.7. The maximum atomic E-state index is 11.7. The van der Waals surface area contributed by atoms with E-state index in [4.69, 9.17) is 9.72 Å². The monoisotopic (exact) mass is 261 g/mol. The van der Waals surface area contributed by atoms with E-state index in [-0.39, 0.29) is 12.0 Å². The summed E-state index contributed by atoms with van der Waals surface area (Å²) in [5.41, 5.74) is 2.54. The Morgan fingerprint density at radius 2 is 2.16 bits per heavy atom. The van der Waals surface area contributed by atoms with Crippen molar-refractivity contribution in [2.45, 2.75) is 44.2 Å². The van der Waals surface area contributed by atoms with Crippen molar-refractivity contribution in [1.82, 2.24) is 14.5 Å². The second-order valence-electron chi connectivity index (χ2n) is 5.89. The molecule has 1 atom stereocenters. The SMILES string of the molecule is Cn1c(C2CC2)nc2c1CCN([C@H]1CCOC1=O)C2. The van der Waals surface area contributed by atoms with Gasteiger partial charge in [0.2, 0.25) is 0 Å². The molecule has 19 heavy (non-hydrogen) atoms. The van der Waals surface area contributed by atoms with Crippen LogP contribution >= 0.6 is 0 Å². The van der Waals surface area contributed by atoms with Crippen molar-refractivity contribution in [3.05, 3.63) is 17.2 Å². The van der Waals surface area contributed by atoms with E-state index >= 15 is 0 Å². The molecule has 2 fully saturated rings. The van der Waals surface area contributed by atoms with Crippen LogP contribution in [-0.4, -0.2) is 39.6 Å². The highest BCUT2D eigenvalue weighted by Crippen LogP contribution is 2.40. The third-order valence-corrected chi connectivity index (χ3v) is 4.61. The normalized spacial score (nSPS) is 27.4. The quantitative estimate of drug-likeness (QED) is 0.744. The highest BCUT2D eigenvalue weighted by Gasteiger charge is 2.37. The van der Waals surface area contributed by atoms with Gasteiger partial charge in [-0.3, -0.25) is 9.69 Å². The summed E-state index contributed by atoms with van der Waals surface area (Å²) in [4.78, 5) is 18.8. The number of hydrogen-bond acceptors (Lipinski definition) is 4. The van der Waals surface area contributed by atoms with E-state index in [2.05, 4.69) is 16.5 Å². The highest BCUT2D eigenvalue weighted by molar-refractivity contribution is 5.77. The Hall–Kier alpha value is -1.36. The smallest absolute Gasteiger partial charge is 0.323 e. The van der Waals surface area contributed by atoms with Gasteiger partial charge in [-0.05, 0) is 12.8 Å². The summed E-state index contributed by atoms with van der Waals surface area (Å²) in [5.74, 6) is 1.88. The fourth-order valence-corrected chi connectivity index (χ4v) is 3.36. The number of rotatable bonds is 2. The number of cyclic esters (lactones) is 1. The minimum atomic E-state index is -0.0539. The first-order valence-corrected chi connectivity index (χ1v) is 7.19. The molecule has 5 nitrogen and oxygen atoms in total. The summed E-state index contributed by atoms with van der Waals surface area (Å²) in [6.45, 7) is 2.31. The van der Waals surface area contributed by atoms with E-state index in [9.17, 15) is 4.79 Å². The molecule has 3 heterocycles. The van der Waals surface area contributed by atoms with Crippen LogP contribution in [0.5, 0.6) is 0 Å². The molecule has 0 aromatic carbocycles. The molecule has 1 aromatic heterocycles. The average Bonchev–Trinajstić information content (AvgIpc) is 3.09. The van der Waals surface area contributed by atoms with Gasteiger partial charge in [-0.1, -0.05) is 0 Å². The van der Waals surface area contributed by atoms with Crippen LogP contribution in [0, 0.1) is 0 Å². The summed E-state index contributed by atoms with van der Waals surface area (Å²) in [7, 11) is 2.14. The van der Waals surface area contributed by atoms with Gasteiger partial charge in [-0.15, -0.1) is 0 Å². The second kappa shape index (κ2) is 4.07. The number of aromatic nitrogens is 2. The van der Waals surface area contributed by atoms with Crippen molar-refractivity contribution in [3.8, 4) is 0 Å². The van der Waals surface area contributed by atoms with Crippen molar-refractivity contribution in [1.29, 1.82) is 0 Å². The molecule has 1 aliphatic carbocycles. The van der Waals surface area contributed by atoms with Gasteiger partial charge in [0.15, 0.2) is 0 Å². The molecule has 3 aliphatic rings. The van der Waals surface area contributed by atoms with E-state index < -0.39 is 0 Å². The van der Waals surface area contributed by atoms with Crippen molar-refractivity contribution >= 4 is 5.97 Å². The van der Waals surface area contributed by atoms with Gasteiger partial charge in [0.05, 0.1) is 12.3 Å². The van der Waals surface area contributed by atoms with Crippen LogP contribution in [0.3, 0.4) is 0 Å². The summed E-state index contributed by atoms with van der Waals surface area (Å²) in [5, 5.41) is 0. The van der Waals surface area contributed by atoms with E-state index in [0.29, 0.717) is 12.5 Å². The number of imidazole rings is 1. The minimum Gasteiger partial charge on any atom is -0.464 e. The van der Waals surface area contributed by atoms with Crippen LogP contribution in [-0.2, 0) is 29.5 Å². The molecule has 0 radical (unpaired) electrons. The third kappa shape index (κ3) is 1.79. The van der Waals surface area contributed by atoms with Crippen LogP contribution in [0.1, 0.15) is 42.4 Å². The molecule has 0 unspecified atom stereocenters. The molecule has 1 saturated carbocycles. The lowest BCUT2D eigenvalue weighted by molar-refractivity contribution is -0.142. The number of nitrogens with zero attached hydrogens (tertiary/aromatic N) is 3. The zero-order valence-electron chi connectivity index (χ0n) is 11.3. The molecule has 102 valence electrons. The molecule has 0 amide bonds. The molecule has 0 bridgehead atoms. The average molecular weight is 261 g/mol. The Morgan fingerprint density at radius 3 is 2.84 bits per heavy atom. The molecule has 1 saturated heterocycles. The van der Waals surface area contributed by atoms with Crippen molar-refractivity contribution in [2.24, 2.45) is 7.05 Å². The van der Waals surface area contributed by atoms with Crippen molar-refractivity contribution < 1.29 is 9.53 Å². The van der Waals surface area contributed by atoms with Crippen LogP contribution in [0.4, 0.5) is 0 Å². The van der Waals surface area contributed by atoms with Gasteiger partial charge in [0.25, 0.3) is 0 Å². The van der Waals surface area contributed by atoms with Gasteiger partial charge in [-0.25, -0.2) is 4.98 Å². The number of ether oxygens (including phenoxy) is 1. The second-order valence-corrected chi connectivity index (χ2v) is 5.89. The van der Waals surface area contributed by atoms with E-state index in [0.717, 1.165) is 25.9 Å². The Balaban J connectivity index is 1.59. The summed E-state index contributed by atoms with van der Waals surface area (Å²) in [6.07, 6.45) is 4.39. The first-order chi connectivity index (χ1) is 9.24. The molecule has 4 rings (SSSR count). The predicted octanol–water partition coefficient (Wildman–Crippen LogP) is 0.971. The van der Waals surface area contributed by atoms with E-state index in [1.807, 2.05) is 0 Å². The predicted molar refractivity (Wildman–Crippen MR) is 68.7 cm³/mol. The number of hydrogen-bond donors (Lipinski definition) is 0. The van der Waals surface area contributed by atoms with Crippen molar-refractivity contribution in [3.63, 3.8) is 0 Å². The largest absolute Gasteiger partial charge is 0.464 e. The van der Waals surface area contributed by atoms with Crippen LogP contribution in [0.15, 0.2) is 0 Å². The summed E-state index contributed by atoms with van der Waals surface area (Å²) < 4.78 is 7.37. The molecule has 2 aliphatic heterocycles. The minimum absolute atomic E-state index is 0.0421. The molecule has 0 N–H and O–H groups in total. The number of carbonyl (C=O) groups is 1. The Morgan fingerprint density at radius 1 is 1.32 bits per heavy atom. The zero-order valence-corrected chi connectivity index (χ0v) is 11.3. The topological polar surface area (TPSA) is 47.4 Å². The molecule has 0 spiro atoms. The molecule has 1 aromatic rings. The van der Waals surface area contributed by atoms with Crippen molar-refractivity contribution in [2.75, 3.05) is 13.2 Å². The van der Waals surface area contributed by atoms with E-state index in [1.54, 1.807) is 0 Å². The van der Waals surface area contributed by atoms with Crippen LogP contribution < -0.4 is 0 Å². The van der Waals surface area contributed by atoms with Crippen LogP contribution in [0.2, 0.25) is 0 Å². The lowest BCUT2D eigenvalue weighted by Crippen LogP contribution is -2.42. The maximum Gasteiger partial charge on any atom is 0.323 e. The standard InChI is InChI=1S/C14H19N3O2/c1-16-11-4-6-17(12-5-7-19-14(12)18)8-10(11)15-13(16)9-2-3-9/h9,12H,2-8H2,1H3/t12-/m0/s1. The molecular weight excluding hydrogens is 242 g/mol. The van der Waals surface area contributed by atoms with Gasteiger partial charge < -0.3 is 9.30 Å². The first-order valence-electron chi connectivity index (χ1n) is 7.19. The number of carbonyl (C=O) groups excluding carboxylic acids is 1. The Kier molecular flexibility index (Phi) is 2.45. The first kappa shape index (κ1) is 11.5. The summed E-state index contributed by atoms with van der Waals surface area (Å²) >= 11 is 0. The van der Waals surface area contributed by atoms with Gasteiger partial charge in [-0.2, -0.15) is 0 Å².